The molecule has 0 aliphatic carbocycles. The van der Waals surface area contributed by atoms with Crippen LogP contribution in [-0.4, -0.2) is 6.61 Å². The lowest BCUT2D eigenvalue weighted by Gasteiger charge is -2.09. The zero-order valence-electron chi connectivity index (χ0n) is 10.6. The molecule has 0 aliphatic rings. The molecule has 94 valence electrons. The van der Waals surface area contributed by atoms with Crippen LogP contribution in [0, 0.1) is 0 Å². The van der Waals surface area contributed by atoms with E-state index in [0.29, 0.717) is 6.61 Å². The third-order valence-electron chi connectivity index (χ3n) is 2.53. The zero-order chi connectivity index (χ0) is 12.6. The highest BCUT2D eigenvalue weighted by atomic mass is 16.5. The molecule has 0 N–H and O–H groups in total. The Hall–Kier alpha value is -1.96. The van der Waals surface area contributed by atoms with Gasteiger partial charge in [-0.2, -0.15) is 0 Å². The lowest BCUT2D eigenvalue weighted by molar-refractivity contribution is 0.295. The van der Waals surface area contributed by atoms with Gasteiger partial charge in [-0.1, -0.05) is 43.3 Å². The number of benzene rings is 2. The molecular weight excluding hydrogens is 224 g/mol. The molecule has 2 heteroatoms. The van der Waals surface area contributed by atoms with Crippen LogP contribution in [0.3, 0.4) is 0 Å². The van der Waals surface area contributed by atoms with Gasteiger partial charge in [0.25, 0.3) is 0 Å². The highest BCUT2D eigenvalue weighted by Crippen LogP contribution is 2.20. The summed E-state index contributed by atoms with van der Waals surface area (Å²) in [7, 11) is 0. The van der Waals surface area contributed by atoms with Crippen molar-refractivity contribution < 1.29 is 9.47 Å². The van der Waals surface area contributed by atoms with Gasteiger partial charge in [0.05, 0.1) is 6.61 Å². The summed E-state index contributed by atoms with van der Waals surface area (Å²) in [6, 6.07) is 17.9. The van der Waals surface area contributed by atoms with E-state index in [-0.39, 0.29) is 0 Å². The van der Waals surface area contributed by atoms with Crippen LogP contribution in [0.1, 0.15) is 18.9 Å². The summed E-state index contributed by atoms with van der Waals surface area (Å²) in [5.74, 6) is 1.70. The zero-order valence-corrected chi connectivity index (χ0v) is 10.6. The van der Waals surface area contributed by atoms with Crippen molar-refractivity contribution in [3.63, 3.8) is 0 Å². The largest absolute Gasteiger partial charge is 0.493 e. The van der Waals surface area contributed by atoms with Crippen molar-refractivity contribution in [2.45, 2.75) is 20.0 Å². The first-order valence-electron chi connectivity index (χ1n) is 6.28. The molecule has 0 saturated carbocycles. The van der Waals surface area contributed by atoms with Crippen LogP contribution in [0.15, 0.2) is 54.6 Å². The molecule has 0 saturated heterocycles. The van der Waals surface area contributed by atoms with E-state index in [0.717, 1.165) is 30.1 Å². The molecule has 0 fully saturated rings. The average Bonchev–Trinajstić information content (AvgIpc) is 2.44. The topological polar surface area (TPSA) is 18.5 Å². The molecule has 2 aromatic rings. The molecule has 0 heterocycles. The minimum absolute atomic E-state index is 0.581. The van der Waals surface area contributed by atoms with Crippen LogP contribution in [0.2, 0.25) is 0 Å². The highest BCUT2D eigenvalue weighted by Gasteiger charge is 1.98. The van der Waals surface area contributed by atoms with Gasteiger partial charge in [0, 0.05) is 6.07 Å². The lowest BCUT2D eigenvalue weighted by atomic mass is 10.2. The first-order valence-corrected chi connectivity index (χ1v) is 6.28. The second kappa shape index (κ2) is 6.70. The normalized spacial score (nSPS) is 10.1. The second-order valence-electron chi connectivity index (χ2n) is 4.10. The Balaban J connectivity index is 1.93. The fourth-order valence-corrected chi connectivity index (χ4v) is 1.61. The molecule has 18 heavy (non-hydrogen) atoms. The van der Waals surface area contributed by atoms with E-state index in [9.17, 15) is 0 Å². The molecule has 0 aromatic heterocycles. The molecule has 2 nitrogen and oxygen atoms in total. The third-order valence-corrected chi connectivity index (χ3v) is 2.53. The summed E-state index contributed by atoms with van der Waals surface area (Å²) in [5, 5.41) is 0. The van der Waals surface area contributed by atoms with Gasteiger partial charge in [0.2, 0.25) is 0 Å². The van der Waals surface area contributed by atoms with Crippen LogP contribution in [0.25, 0.3) is 0 Å². The van der Waals surface area contributed by atoms with Gasteiger partial charge in [-0.3, -0.25) is 0 Å². The van der Waals surface area contributed by atoms with Crippen molar-refractivity contribution in [2.75, 3.05) is 6.61 Å². The number of rotatable bonds is 6. The molecule has 0 amide bonds. The van der Waals surface area contributed by atoms with Crippen molar-refractivity contribution in [1.82, 2.24) is 0 Å². The minimum atomic E-state index is 0.581. The van der Waals surface area contributed by atoms with E-state index in [2.05, 4.69) is 19.1 Å². The van der Waals surface area contributed by atoms with Gasteiger partial charge >= 0.3 is 0 Å². The predicted molar refractivity (Wildman–Crippen MR) is 73.0 cm³/mol. The highest BCUT2D eigenvalue weighted by molar-refractivity contribution is 5.33. The van der Waals surface area contributed by atoms with E-state index in [1.807, 2.05) is 42.5 Å². The van der Waals surface area contributed by atoms with Crippen molar-refractivity contribution in [3.05, 3.63) is 60.2 Å². The Bertz CT molecular complexity index is 466. The number of hydrogen-bond donors (Lipinski definition) is 0. The lowest BCUT2D eigenvalue weighted by Crippen LogP contribution is -1.97. The van der Waals surface area contributed by atoms with Gasteiger partial charge in [-0.25, -0.2) is 0 Å². The maximum absolute atomic E-state index is 5.73. The predicted octanol–water partition coefficient (Wildman–Crippen LogP) is 4.05. The Labute approximate surface area is 108 Å². The van der Waals surface area contributed by atoms with E-state index in [1.165, 1.54) is 0 Å². The van der Waals surface area contributed by atoms with Crippen LogP contribution in [-0.2, 0) is 6.61 Å². The van der Waals surface area contributed by atoms with E-state index >= 15 is 0 Å². The Morgan fingerprint density at radius 2 is 1.56 bits per heavy atom. The maximum atomic E-state index is 5.73. The van der Waals surface area contributed by atoms with Gasteiger partial charge in [0.15, 0.2) is 0 Å². The minimum Gasteiger partial charge on any atom is -0.493 e. The van der Waals surface area contributed by atoms with E-state index < -0.39 is 0 Å². The Kier molecular flexibility index (Phi) is 4.65. The fourth-order valence-electron chi connectivity index (χ4n) is 1.61. The molecule has 0 bridgehead atoms. The van der Waals surface area contributed by atoms with Crippen LogP contribution in [0.4, 0.5) is 0 Å². The van der Waals surface area contributed by atoms with Crippen LogP contribution < -0.4 is 9.47 Å². The quantitative estimate of drug-likeness (QED) is 0.760. The molecule has 0 aliphatic heterocycles. The van der Waals surface area contributed by atoms with Crippen molar-refractivity contribution in [3.8, 4) is 11.5 Å². The summed E-state index contributed by atoms with van der Waals surface area (Å²) >= 11 is 0. The number of hydrogen-bond acceptors (Lipinski definition) is 2. The third kappa shape index (κ3) is 3.81. The summed E-state index contributed by atoms with van der Waals surface area (Å²) in [6.45, 7) is 3.41. The average molecular weight is 242 g/mol. The molecule has 0 atom stereocenters. The summed E-state index contributed by atoms with van der Waals surface area (Å²) < 4.78 is 11.3. The van der Waals surface area contributed by atoms with E-state index in [4.69, 9.17) is 9.47 Å². The second-order valence-corrected chi connectivity index (χ2v) is 4.10. The Morgan fingerprint density at radius 1 is 0.833 bits per heavy atom. The van der Waals surface area contributed by atoms with Crippen molar-refractivity contribution >= 4 is 0 Å². The molecule has 2 aromatic carbocycles. The summed E-state index contributed by atoms with van der Waals surface area (Å²) in [6.07, 6.45) is 1.01. The summed E-state index contributed by atoms with van der Waals surface area (Å²) in [5.41, 5.74) is 1.16. The monoisotopic (exact) mass is 242 g/mol. The first kappa shape index (κ1) is 12.5. The first-order chi connectivity index (χ1) is 8.88. The van der Waals surface area contributed by atoms with Crippen molar-refractivity contribution in [2.24, 2.45) is 0 Å². The molecule has 2 rings (SSSR count). The van der Waals surface area contributed by atoms with E-state index in [1.54, 1.807) is 0 Å². The van der Waals surface area contributed by atoms with Crippen LogP contribution >= 0.6 is 0 Å². The number of ether oxygens (including phenoxy) is 2. The van der Waals surface area contributed by atoms with Gasteiger partial charge in [0.1, 0.15) is 18.1 Å². The summed E-state index contributed by atoms with van der Waals surface area (Å²) in [4.78, 5) is 0. The van der Waals surface area contributed by atoms with Gasteiger partial charge in [-0.05, 0) is 24.1 Å². The van der Waals surface area contributed by atoms with Crippen molar-refractivity contribution in [1.29, 1.82) is 0 Å². The SMILES string of the molecule is CCCOc1cccc(OCc2ccccc2)c1. The molecule has 0 spiro atoms. The smallest absolute Gasteiger partial charge is 0.123 e. The standard InChI is InChI=1S/C16H18O2/c1-2-11-17-15-9-6-10-16(12-15)18-13-14-7-4-3-5-8-14/h3-10,12H,2,11,13H2,1H3. The maximum Gasteiger partial charge on any atom is 0.123 e. The fraction of sp³-hybridized carbons (Fsp3) is 0.250. The Morgan fingerprint density at radius 3 is 2.28 bits per heavy atom. The van der Waals surface area contributed by atoms with Crippen LogP contribution in [0.5, 0.6) is 11.5 Å². The molecule has 0 radical (unpaired) electrons. The van der Waals surface area contributed by atoms with Gasteiger partial charge in [-0.15, -0.1) is 0 Å². The van der Waals surface area contributed by atoms with Gasteiger partial charge < -0.3 is 9.47 Å². The molecular formula is C16H18O2. The molecule has 0 unspecified atom stereocenters.